The highest BCUT2D eigenvalue weighted by Crippen LogP contribution is 2.39. The summed E-state index contributed by atoms with van der Waals surface area (Å²) in [5.41, 5.74) is 7.75. The number of ether oxygens (including phenoxy) is 2. The number of para-hydroxylation sites is 2. The van der Waals surface area contributed by atoms with Crippen molar-refractivity contribution in [3.63, 3.8) is 0 Å². The molecule has 0 heterocycles. The Labute approximate surface area is 167 Å². The van der Waals surface area contributed by atoms with E-state index in [0.717, 1.165) is 17.1 Å². The van der Waals surface area contributed by atoms with Crippen LogP contribution in [-0.4, -0.2) is 0 Å². The van der Waals surface area contributed by atoms with Crippen LogP contribution < -0.4 is 15.2 Å². The van der Waals surface area contributed by atoms with E-state index in [1.165, 1.54) is 32.1 Å². The molecule has 0 saturated heterocycles. The Kier molecular flexibility index (Phi) is 5.93. The fraction of sp³-hybridized carbons (Fsp3) is 0.280. The molecule has 28 heavy (non-hydrogen) atoms. The molecule has 3 nitrogen and oxygen atoms in total. The number of hydrogen-bond acceptors (Lipinski definition) is 3. The average Bonchev–Trinajstić information content (AvgIpc) is 2.76. The molecule has 0 amide bonds. The predicted molar refractivity (Wildman–Crippen MR) is 113 cm³/mol. The Morgan fingerprint density at radius 1 is 0.679 bits per heavy atom. The third-order valence-corrected chi connectivity index (χ3v) is 5.45. The van der Waals surface area contributed by atoms with Crippen molar-refractivity contribution >= 4 is 0 Å². The van der Waals surface area contributed by atoms with Crippen LogP contribution >= 0.6 is 0 Å². The number of rotatable bonds is 6. The van der Waals surface area contributed by atoms with E-state index in [-0.39, 0.29) is 6.04 Å². The highest BCUT2D eigenvalue weighted by molar-refractivity contribution is 5.48. The topological polar surface area (TPSA) is 44.5 Å². The lowest BCUT2D eigenvalue weighted by Gasteiger charge is -2.28. The Morgan fingerprint density at radius 3 is 1.86 bits per heavy atom. The van der Waals surface area contributed by atoms with Gasteiger partial charge in [-0.3, -0.25) is 0 Å². The van der Waals surface area contributed by atoms with Crippen LogP contribution in [0.25, 0.3) is 0 Å². The second kappa shape index (κ2) is 8.94. The predicted octanol–water partition coefficient (Wildman–Crippen LogP) is 6.85. The van der Waals surface area contributed by atoms with E-state index in [0.29, 0.717) is 17.4 Å². The van der Waals surface area contributed by atoms with Crippen molar-refractivity contribution in [2.45, 2.75) is 38.1 Å². The van der Waals surface area contributed by atoms with Gasteiger partial charge in [0.1, 0.15) is 11.5 Å². The third-order valence-electron chi connectivity index (χ3n) is 5.45. The van der Waals surface area contributed by atoms with Crippen molar-refractivity contribution in [3.8, 4) is 23.0 Å². The maximum Gasteiger partial charge on any atom is 0.170 e. The average molecular weight is 373 g/mol. The molecule has 0 aliphatic heterocycles. The molecule has 1 aliphatic carbocycles. The van der Waals surface area contributed by atoms with Gasteiger partial charge in [-0.1, -0.05) is 61.7 Å². The zero-order valence-electron chi connectivity index (χ0n) is 16.1. The van der Waals surface area contributed by atoms with E-state index in [9.17, 15) is 0 Å². The maximum absolute atomic E-state index is 6.64. The lowest BCUT2D eigenvalue weighted by atomic mass is 9.81. The van der Waals surface area contributed by atoms with E-state index >= 15 is 0 Å². The summed E-state index contributed by atoms with van der Waals surface area (Å²) < 4.78 is 12.3. The Bertz CT molecular complexity index is 874. The first-order chi connectivity index (χ1) is 13.8. The smallest absolute Gasteiger partial charge is 0.170 e. The van der Waals surface area contributed by atoms with Crippen molar-refractivity contribution in [3.05, 3.63) is 84.4 Å². The van der Waals surface area contributed by atoms with Gasteiger partial charge in [0.2, 0.25) is 0 Å². The summed E-state index contributed by atoms with van der Waals surface area (Å²) in [6.45, 7) is 0. The first-order valence-electron chi connectivity index (χ1n) is 10.1. The molecule has 0 radical (unpaired) electrons. The van der Waals surface area contributed by atoms with Crippen molar-refractivity contribution in [1.82, 2.24) is 0 Å². The highest BCUT2D eigenvalue weighted by atomic mass is 16.5. The summed E-state index contributed by atoms with van der Waals surface area (Å²) in [4.78, 5) is 0. The fourth-order valence-corrected chi connectivity index (χ4v) is 3.89. The van der Waals surface area contributed by atoms with Crippen molar-refractivity contribution in [1.29, 1.82) is 0 Å². The number of benzene rings is 3. The Balaban J connectivity index is 1.63. The number of hydrogen-bond donors (Lipinski definition) is 1. The van der Waals surface area contributed by atoms with Gasteiger partial charge in [-0.05, 0) is 60.7 Å². The summed E-state index contributed by atoms with van der Waals surface area (Å²) in [6.07, 6.45) is 6.30. The summed E-state index contributed by atoms with van der Waals surface area (Å²) in [6, 6.07) is 25.7. The van der Waals surface area contributed by atoms with Crippen LogP contribution in [0.3, 0.4) is 0 Å². The van der Waals surface area contributed by atoms with E-state index < -0.39 is 0 Å². The Morgan fingerprint density at radius 2 is 1.25 bits per heavy atom. The molecular formula is C25H27NO2. The molecule has 0 bridgehead atoms. The summed E-state index contributed by atoms with van der Waals surface area (Å²) in [7, 11) is 0. The lowest BCUT2D eigenvalue weighted by molar-refractivity contribution is 0.307. The summed E-state index contributed by atoms with van der Waals surface area (Å²) >= 11 is 0. The zero-order chi connectivity index (χ0) is 19.2. The standard InChI is InChI=1S/C25H27NO2/c26-25(19-10-4-1-5-11-19)20-16-17-23(27-21-12-6-2-7-13-21)24(18-20)28-22-14-8-3-9-15-22/h2-3,6-9,12-19,25H,1,4-5,10-11,26H2/t25-/m1/s1. The summed E-state index contributed by atoms with van der Waals surface area (Å²) in [5, 5.41) is 0. The van der Waals surface area contributed by atoms with Crippen LogP contribution in [0.5, 0.6) is 23.0 Å². The number of nitrogens with two attached hydrogens (primary N) is 1. The van der Waals surface area contributed by atoms with Gasteiger partial charge < -0.3 is 15.2 Å². The molecule has 144 valence electrons. The van der Waals surface area contributed by atoms with Gasteiger partial charge in [0.15, 0.2) is 11.5 Å². The van der Waals surface area contributed by atoms with Crippen LogP contribution in [0, 0.1) is 5.92 Å². The summed E-state index contributed by atoms with van der Waals surface area (Å²) in [5.74, 6) is 3.49. The maximum atomic E-state index is 6.64. The lowest BCUT2D eigenvalue weighted by Crippen LogP contribution is -2.23. The highest BCUT2D eigenvalue weighted by Gasteiger charge is 2.23. The van der Waals surface area contributed by atoms with Gasteiger partial charge in [0, 0.05) is 6.04 Å². The normalized spacial score (nSPS) is 15.8. The largest absolute Gasteiger partial charge is 0.453 e. The zero-order valence-corrected chi connectivity index (χ0v) is 16.1. The van der Waals surface area contributed by atoms with E-state index in [1.807, 2.05) is 72.8 Å². The van der Waals surface area contributed by atoms with Gasteiger partial charge in [0.25, 0.3) is 0 Å². The van der Waals surface area contributed by atoms with Gasteiger partial charge in [-0.15, -0.1) is 0 Å². The van der Waals surface area contributed by atoms with Crippen molar-refractivity contribution in [2.75, 3.05) is 0 Å². The van der Waals surface area contributed by atoms with Gasteiger partial charge >= 0.3 is 0 Å². The minimum atomic E-state index is 0.0317. The second-order valence-electron chi connectivity index (χ2n) is 7.46. The first kappa shape index (κ1) is 18.6. The molecule has 0 spiro atoms. The molecule has 3 aromatic carbocycles. The monoisotopic (exact) mass is 373 g/mol. The molecule has 0 aromatic heterocycles. The molecule has 0 unspecified atom stereocenters. The SMILES string of the molecule is N[C@@H](c1ccc(Oc2ccccc2)c(Oc2ccccc2)c1)C1CCCCC1. The van der Waals surface area contributed by atoms with Crippen LogP contribution in [-0.2, 0) is 0 Å². The van der Waals surface area contributed by atoms with Crippen molar-refractivity contribution in [2.24, 2.45) is 11.7 Å². The second-order valence-corrected chi connectivity index (χ2v) is 7.46. The van der Waals surface area contributed by atoms with Crippen LogP contribution in [0.4, 0.5) is 0 Å². The minimum absolute atomic E-state index is 0.0317. The van der Waals surface area contributed by atoms with E-state index in [1.54, 1.807) is 0 Å². The fourth-order valence-electron chi connectivity index (χ4n) is 3.89. The van der Waals surface area contributed by atoms with Crippen LogP contribution in [0.15, 0.2) is 78.9 Å². The molecule has 1 fully saturated rings. The molecule has 1 saturated carbocycles. The van der Waals surface area contributed by atoms with E-state index in [4.69, 9.17) is 15.2 Å². The molecular weight excluding hydrogens is 346 g/mol. The quantitative estimate of drug-likeness (QED) is 0.514. The molecule has 1 aliphatic rings. The van der Waals surface area contributed by atoms with Crippen LogP contribution in [0.2, 0.25) is 0 Å². The van der Waals surface area contributed by atoms with Gasteiger partial charge in [0.05, 0.1) is 0 Å². The van der Waals surface area contributed by atoms with Crippen LogP contribution in [0.1, 0.15) is 43.7 Å². The van der Waals surface area contributed by atoms with Gasteiger partial charge in [-0.2, -0.15) is 0 Å². The minimum Gasteiger partial charge on any atom is -0.453 e. The molecule has 2 N–H and O–H groups in total. The third kappa shape index (κ3) is 4.55. The molecule has 3 heteroatoms. The first-order valence-corrected chi connectivity index (χ1v) is 10.1. The molecule has 1 atom stereocenters. The van der Waals surface area contributed by atoms with Gasteiger partial charge in [-0.25, -0.2) is 0 Å². The van der Waals surface area contributed by atoms with E-state index in [2.05, 4.69) is 6.07 Å². The Hall–Kier alpha value is -2.78. The van der Waals surface area contributed by atoms with Crippen molar-refractivity contribution < 1.29 is 9.47 Å². The molecule has 4 rings (SSSR count). The molecule has 3 aromatic rings.